The number of rotatable bonds is 6. The highest BCUT2D eigenvalue weighted by molar-refractivity contribution is 6.03. The van der Waals surface area contributed by atoms with E-state index in [1.165, 1.54) is 30.4 Å². The van der Waals surface area contributed by atoms with Crippen molar-refractivity contribution < 1.29 is 131 Å². The van der Waals surface area contributed by atoms with E-state index in [0.717, 1.165) is 30.4 Å². The molecular formula is C93H129F3O24. The molecule has 10 N–H and O–H groups in total. The summed E-state index contributed by atoms with van der Waals surface area (Å²) < 4.78 is 87.0. The minimum Gasteiger partial charge on any atom is -0.393 e. The van der Waals surface area contributed by atoms with E-state index in [-0.39, 0.29) is 117 Å². The zero-order valence-electron chi connectivity index (χ0n) is 69.8. The van der Waals surface area contributed by atoms with Crippen LogP contribution in [0.25, 0.3) is 0 Å². The molecule has 0 bridgehead atoms. The Morgan fingerprint density at radius 1 is 0.475 bits per heavy atom. The fourth-order valence-corrected chi connectivity index (χ4v) is 31.1. The van der Waals surface area contributed by atoms with Crippen LogP contribution in [-0.2, 0) is 66.8 Å². The Labute approximate surface area is 701 Å². The molecule has 24 nitrogen and oxygen atoms in total. The number of aliphatic hydroxyl groups excluding tert-OH is 9. The molecule has 3 aliphatic heterocycles. The number of fused-ring (bicyclic) bond motifs is 25. The maximum atomic E-state index is 17.1. The molecule has 19 rings (SSSR count). The molecule has 0 aromatic heterocycles. The monoisotopic (exact) mass is 1690 g/mol. The van der Waals surface area contributed by atoms with E-state index in [1.807, 2.05) is 33.8 Å². The van der Waals surface area contributed by atoms with Gasteiger partial charge in [-0.1, -0.05) is 91.3 Å². The van der Waals surface area contributed by atoms with Gasteiger partial charge >= 0.3 is 0 Å². The van der Waals surface area contributed by atoms with E-state index in [1.54, 1.807) is 66.7 Å². The summed E-state index contributed by atoms with van der Waals surface area (Å²) in [6, 6.07) is 0. The molecule has 0 radical (unpaired) electrons. The molecule has 0 aromatic carbocycles. The SMILES string of the molecule is C.C.CC1(C)O[C@@H]2CC3C4CCC5=CC(=O)C=CC5(C)[C@@]4(F)C(O)CC3(C)[C@]2(C(=O)CO)O1.CC12CC(O)[C@@]3(F)C(CCC4=CC(=O)C=C[C@@]43C)C1C[C@@H](O)[C@]2(O)C(=O)CO.CC1OCC(=O)C2(O1)C(O)CC1C3CCC4=CC(=O)C=CC4(C)C3C(O)CC12C.CC1O[C@@H]2C[C@H]3[C@@H]4CCC5CC(=O)CC[C@]5(C)[C@@]4(F)[C@@H](O)CC3(C)[C@]2(C(=O)CO)O1. The van der Waals surface area contributed by atoms with Gasteiger partial charge in [-0.05, 0) is 229 Å². The fourth-order valence-electron chi connectivity index (χ4n) is 31.1. The Kier molecular flexibility index (Phi) is 22.4. The van der Waals surface area contributed by atoms with Crippen molar-refractivity contribution in [3.63, 3.8) is 0 Å². The number of hydrogen-bond acceptors (Lipinski definition) is 24. The Hall–Kier alpha value is -5.05. The molecule has 35 atom stereocenters. The number of ether oxygens (including phenoxy) is 6. The van der Waals surface area contributed by atoms with E-state index >= 15 is 13.2 Å². The number of halogens is 3. The van der Waals surface area contributed by atoms with Crippen LogP contribution in [0.5, 0.6) is 0 Å². The second-order valence-corrected chi connectivity index (χ2v) is 41.3. The van der Waals surface area contributed by atoms with Crippen LogP contribution in [0.4, 0.5) is 13.2 Å². The van der Waals surface area contributed by atoms with E-state index in [9.17, 15) is 89.4 Å². The highest BCUT2D eigenvalue weighted by Gasteiger charge is 2.84. The van der Waals surface area contributed by atoms with Gasteiger partial charge in [0, 0.05) is 73.9 Å². The number of allylic oxidation sites excluding steroid dienone is 12. The minimum atomic E-state index is -2.23. The number of Topliss-reactive ketones (excluding diaryl/α,β-unsaturated/α-hetero) is 5. The summed E-state index contributed by atoms with van der Waals surface area (Å²) in [4.78, 5) is 99.4. The van der Waals surface area contributed by atoms with Crippen LogP contribution in [0.3, 0.4) is 0 Å². The van der Waals surface area contributed by atoms with Gasteiger partial charge in [-0.15, -0.1) is 0 Å². The van der Waals surface area contributed by atoms with Crippen molar-refractivity contribution in [2.24, 2.45) is 102 Å². The van der Waals surface area contributed by atoms with Gasteiger partial charge in [0.1, 0.15) is 37.9 Å². The molecule has 21 unspecified atom stereocenters. The van der Waals surface area contributed by atoms with Crippen molar-refractivity contribution in [3.8, 4) is 0 Å². The third-order valence-electron chi connectivity index (χ3n) is 36.5. The number of hydrogen-bond donors (Lipinski definition) is 10. The lowest BCUT2D eigenvalue weighted by atomic mass is 9.42. The zero-order valence-corrected chi connectivity index (χ0v) is 69.8. The van der Waals surface area contributed by atoms with Crippen molar-refractivity contribution in [2.45, 2.75) is 327 Å². The van der Waals surface area contributed by atoms with Crippen LogP contribution in [-0.4, -0.2) is 230 Å². The zero-order chi connectivity index (χ0) is 85.8. The third kappa shape index (κ3) is 11.4. The van der Waals surface area contributed by atoms with Gasteiger partial charge in [-0.3, -0.25) is 38.4 Å². The molecule has 27 heteroatoms. The number of aliphatic hydroxyl groups is 10. The molecule has 19 aliphatic rings. The Balaban J connectivity index is 0.000000130. The average Bonchev–Trinajstić information content (AvgIpc) is 1.51. The third-order valence-corrected chi connectivity index (χ3v) is 36.5. The van der Waals surface area contributed by atoms with Crippen LogP contribution in [0.15, 0.2) is 71.4 Å². The van der Waals surface area contributed by atoms with E-state index in [4.69, 9.17) is 28.4 Å². The fraction of sp³-hybridized carbons (Fsp3) is 0.785. The van der Waals surface area contributed by atoms with Crippen molar-refractivity contribution in [2.75, 3.05) is 26.4 Å². The van der Waals surface area contributed by atoms with Crippen LogP contribution < -0.4 is 0 Å². The number of carbonyl (C=O) groups is 8. The van der Waals surface area contributed by atoms with Crippen LogP contribution in [0.2, 0.25) is 0 Å². The molecule has 0 amide bonds. The number of alkyl halides is 3. The molecule has 666 valence electrons. The summed E-state index contributed by atoms with van der Waals surface area (Å²) in [6.07, 6.45) is 12.3. The molecule has 1 spiro atoms. The number of ketones is 8. The van der Waals surface area contributed by atoms with Gasteiger partial charge in [-0.25, -0.2) is 13.2 Å². The first kappa shape index (κ1) is 91.2. The Bertz CT molecular complexity index is 4440. The van der Waals surface area contributed by atoms with Gasteiger partial charge in [0.25, 0.3) is 0 Å². The molecule has 16 aliphatic carbocycles. The first-order valence-corrected chi connectivity index (χ1v) is 43.2. The maximum absolute atomic E-state index is 17.1. The van der Waals surface area contributed by atoms with E-state index < -0.39 is 205 Å². The largest absolute Gasteiger partial charge is 0.393 e. The Morgan fingerprint density at radius 2 is 0.958 bits per heavy atom. The van der Waals surface area contributed by atoms with Gasteiger partial charge < -0.3 is 79.5 Å². The summed E-state index contributed by atoms with van der Waals surface area (Å²) >= 11 is 0. The predicted octanol–water partition coefficient (Wildman–Crippen LogP) is 8.58. The topological polar surface area (TPSA) is 394 Å². The summed E-state index contributed by atoms with van der Waals surface area (Å²) in [5, 5.41) is 107. The Morgan fingerprint density at radius 3 is 1.52 bits per heavy atom. The minimum absolute atomic E-state index is 0. The van der Waals surface area contributed by atoms with E-state index in [0.29, 0.717) is 82.6 Å². The quantitative estimate of drug-likeness (QED) is 0.119. The second-order valence-electron chi connectivity index (χ2n) is 41.3. The molecule has 13 saturated carbocycles. The van der Waals surface area contributed by atoms with Crippen LogP contribution in [0.1, 0.15) is 220 Å². The van der Waals surface area contributed by atoms with Crippen LogP contribution >= 0.6 is 0 Å². The highest BCUT2D eigenvalue weighted by Crippen LogP contribution is 2.77. The summed E-state index contributed by atoms with van der Waals surface area (Å²) in [5.74, 6) is -5.82. The summed E-state index contributed by atoms with van der Waals surface area (Å²) in [6.45, 7) is 19.4. The first-order chi connectivity index (χ1) is 55.0. The predicted molar refractivity (Wildman–Crippen MR) is 427 cm³/mol. The molecule has 16 fully saturated rings. The van der Waals surface area contributed by atoms with Gasteiger partial charge in [0.2, 0.25) is 0 Å². The molecular weight excluding hydrogens is 1560 g/mol. The van der Waals surface area contributed by atoms with Gasteiger partial charge in [-0.2, -0.15) is 0 Å². The van der Waals surface area contributed by atoms with Gasteiger partial charge in [0.05, 0.1) is 48.8 Å². The smallest absolute Gasteiger partial charge is 0.193 e. The van der Waals surface area contributed by atoms with Crippen molar-refractivity contribution >= 4 is 46.3 Å². The van der Waals surface area contributed by atoms with Gasteiger partial charge in [0.15, 0.2) is 92.6 Å². The van der Waals surface area contributed by atoms with E-state index in [2.05, 4.69) is 6.92 Å². The normalized spacial score (nSPS) is 53.1. The van der Waals surface area contributed by atoms with Crippen molar-refractivity contribution in [1.82, 2.24) is 0 Å². The van der Waals surface area contributed by atoms with Crippen molar-refractivity contribution in [3.05, 3.63) is 71.4 Å². The molecule has 3 saturated heterocycles. The lowest BCUT2D eigenvalue weighted by Gasteiger charge is -2.65. The molecule has 0 aromatic rings. The standard InChI is InChI=1S/C24H31FO6.C23H33FO6.C23H30O6.C21H27FO6.2CH4/c1-20(2)30-19-10-16-15-6-5-13-9-14(27)7-8-21(13,3)23(15,25)17(28)11-22(16,4)24(19,31-20)18(29)12-26;1-12-29-19-9-16-15-5-4-13-8-14(26)6-7-20(13,2)22(15,24)17(27)10-21(16,3)23(19,30-12)18(28)11-25;1-12-28-11-19(27)23(29-12)18(26)9-16-15-5-4-13-8-14(24)6-7-21(13,2)20(15)17(25)10-22(16,23)3;1-18-6-5-12(24)7-11(18)3-4-13-14-8-15(25)21(28,17(27)10-23)19(14,2)9-16(26)20(13,18)22;;/h7-9,15-17,19,26,28H,5-6,10-12H2,1-4H3;12-13,15-17,19,25,27H,4-11H2,1-3H3;6-8,12,15-18,20,25-26H,4-5,9-11H2,1-3H3;5-7,13-16,23,25-26,28H,3-4,8-10H2,1-2H3;2*1H4/t15?,16?,17?,19-,21?,22?,23+,24-;12?,13?,15-,16-,17-,19+,20-,21?,22-,23+;;13?,14?,15-,16?,18+,19?,20+,21+;;/m10.1../s1. The molecule has 3 heterocycles. The lowest BCUT2D eigenvalue weighted by Crippen LogP contribution is -2.71. The highest BCUT2D eigenvalue weighted by atomic mass is 19.2. The first-order valence-electron chi connectivity index (χ1n) is 43.2. The number of carbonyl (C=O) groups excluding carboxylic acids is 8. The van der Waals surface area contributed by atoms with Crippen molar-refractivity contribution in [1.29, 1.82) is 0 Å². The summed E-state index contributed by atoms with van der Waals surface area (Å²) in [5.41, 5.74) is -16.8. The van der Waals surface area contributed by atoms with Crippen LogP contribution in [0, 0.1) is 102 Å². The lowest BCUT2D eigenvalue weighted by molar-refractivity contribution is -0.284. The summed E-state index contributed by atoms with van der Waals surface area (Å²) in [7, 11) is 0. The molecule has 120 heavy (non-hydrogen) atoms. The average molecular weight is 1690 g/mol. The second kappa shape index (κ2) is 29.5. The maximum Gasteiger partial charge on any atom is 0.193 e.